The zero-order valence-corrected chi connectivity index (χ0v) is 15.3. The van der Waals surface area contributed by atoms with E-state index in [1.807, 2.05) is 25.6 Å². The number of aromatic nitrogens is 2. The second-order valence-corrected chi connectivity index (χ2v) is 6.67. The molecule has 0 aliphatic carbocycles. The summed E-state index contributed by atoms with van der Waals surface area (Å²) in [6.45, 7) is 8.92. The number of nitrogens with zero attached hydrogens (tertiary/aromatic N) is 3. The van der Waals surface area contributed by atoms with Crippen LogP contribution in [0.5, 0.6) is 0 Å². The smallest absolute Gasteiger partial charge is 0.224 e. The molecule has 0 N–H and O–H groups in total. The molecule has 0 amide bonds. The molecule has 0 unspecified atom stereocenters. The number of halogens is 1. The van der Waals surface area contributed by atoms with Gasteiger partial charge in [0.1, 0.15) is 5.82 Å². The predicted octanol–water partition coefficient (Wildman–Crippen LogP) is 4.20. The maximum Gasteiger partial charge on any atom is 0.224 e. The Kier molecular flexibility index (Phi) is 7.25. The molecule has 0 atom stereocenters. The van der Waals surface area contributed by atoms with Crippen LogP contribution in [0.1, 0.15) is 45.7 Å². The van der Waals surface area contributed by atoms with Gasteiger partial charge in [-0.15, -0.1) is 11.8 Å². The average molecular weight is 344 g/mol. The summed E-state index contributed by atoms with van der Waals surface area (Å²) in [4.78, 5) is 12.6. The molecule has 4 nitrogen and oxygen atoms in total. The van der Waals surface area contributed by atoms with E-state index in [1.165, 1.54) is 4.90 Å². The second kappa shape index (κ2) is 8.94. The fourth-order valence-corrected chi connectivity index (χ4v) is 4.20. The first-order chi connectivity index (χ1) is 10.8. The molecule has 1 aromatic heterocycles. The third-order valence-corrected chi connectivity index (χ3v) is 5.13. The van der Waals surface area contributed by atoms with Gasteiger partial charge in [0, 0.05) is 38.0 Å². The van der Waals surface area contributed by atoms with Gasteiger partial charge in [-0.2, -0.15) is 4.98 Å². The van der Waals surface area contributed by atoms with Crippen molar-refractivity contribution in [3.05, 3.63) is 11.0 Å². The van der Waals surface area contributed by atoms with Crippen molar-refractivity contribution in [2.45, 2.75) is 57.4 Å². The van der Waals surface area contributed by atoms with E-state index in [9.17, 15) is 0 Å². The Labute approximate surface area is 143 Å². The molecule has 2 aliphatic heterocycles. The zero-order valence-electron chi connectivity index (χ0n) is 13.8. The molecule has 0 spiro atoms. The normalized spacial score (nSPS) is 17.6. The molecule has 0 radical (unpaired) electrons. The van der Waals surface area contributed by atoms with E-state index in [1.54, 1.807) is 0 Å². The quantitative estimate of drug-likeness (QED) is 0.766. The van der Waals surface area contributed by atoms with Crippen molar-refractivity contribution in [3.63, 3.8) is 0 Å². The minimum Gasteiger partial charge on any atom is -0.381 e. The number of fused-ring (bicyclic) bond motifs is 1. The van der Waals surface area contributed by atoms with Gasteiger partial charge in [-0.05, 0) is 30.9 Å². The van der Waals surface area contributed by atoms with E-state index >= 15 is 0 Å². The van der Waals surface area contributed by atoms with Gasteiger partial charge in [0.2, 0.25) is 5.28 Å². The number of aryl methyl sites for hydroxylation is 1. The van der Waals surface area contributed by atoms with Crippen LogP contribution in [0.4, 0.5) is 5.82 Å². The lowest BCUT2D eigenvalue weighted by Crippen LogP contribution is -2.41. The summed E-state index contributed by atoms with van der Waals surface area (Å²) < 4.78 is 5.49. The lowest BCUT2D eigenvalue weighted by Gasteiger charge is -2.35. The summed E-state index contributed by atoms with van der Waals surface area (Å²) >= 11 is 7.99. The van der Waals surface area contributed by atoms with Crippen LogP contribution in [0, 0.1) is 0 Å². The third kappa shape index (κ3) is 4.06. The first-order valence-electron chi connectivity index (χ1n) is 8.33. The molecule has 3 heterocycles. The first-order valence-corrected chi connectivity index (χ1v) is 9.69. The van der Waals surface area contributed by atoms with E-state index in [4.69, 9.17) is 16.3 Å². The SMILES string of the molecule is CC.CCCN(c1nc(Cl)nc2c1SCC2)C1CCOCC1. The maximum atomic E-state index is 6.13. The van der Waals surface area contributed by atoms with Gasteiger partial charge in [0.15, 0.2) is 0 Å². The van der Waals surface area contributed by atoms with Crippen LogP contribution in [0.3, 0.4) is 0 Å². The summed E-state index contributed by atoms with van der Waals surface area (Å²) in [7, 11) is 0. The molecule has 6 heteroatoms. The van der Waals surface area contributed by atoms with Crippen LogP contribution >= 0.6 is 23.4 Å². The van der Waals surface area contributed by atoms with Crippen molar-refractivity contribution in [1.29, 1.82) is 0 Å². The Morgan fingerprint density at radius 3 is 2.68 bits per heavy atom. The monoisotopic (exact) mass is 343 g/mol. The molecule has 1 saturated heterocycles. The summed E-state index contributed by atoms with van der Waals surface area (Å²) in [6.07, 6.45) is 4.25. The highest BCUT2D eigenvalue weighted by atomic mass is 35.5. The van der Waals surface area contributed by atoms with Crippen LogP contribution < -0.4 is 4.90 Å². The maximum absolute atomic E-state index is 6.13. The Bertz CT molecular complexity index is 481. The molecule has 1 fully saturated rings. The Balaban J connectivity index is 0.000000847. The van der Waals surface area contributed by atoms with Crippen molar-refractivity contribution >= 4 is 29.2 Å². The number of rotatable bonds is 4. The van der Waals surface area contributed by atoms with E-state index < -0.39 is 0 Å². The van der Waals surface area contributed by atoms with Crippen molar-refractivity contribution in [3.8, 4) is 0 Å². The number of anilines is 1. The fourth-order valence-electron chi connectivity index (χ4n) is 2.92. The largest absolute Gasteiger partial charge is 0.381 e. The standard InChI is InChI=1S/C14H20ClN3OS.C2H6/c1-2-6-18(10-3-7-19-8-4-10)13-12-11(5-9-20-12)16-14(15)17-13;1-2/h10H,2-9H2,1H3;1-2H3. The molecule has 22 heavy (non-hydrogen) atoms. The summed E-state index contributed by atoms with van der Waals surface area (Å²) in [5.74, 6) is 2.14. The highest BCUT2D eigenvalue weighted by molar-refractivity contribution is 7.99. The topological polar surface area (TPSA) is 38.2 Å². The van der Waals surface area contributed by atoms with Crippen molar-refractivity contribution < 1.29 is 4.74 Å². The van der Waals surface area contributed by atoms with Gasteiger partial charge in [0.05, 0.1) is 10.6 Å². The van der Waals surface area contributed by atoms with E-state index in [0.717, 1.165) is 62.7 Å². The molecule has 2 aliphatic rings. The van der Waals surface area contributed by atoms with Gasteiger partial charge < -0.3 is 9.64 Å². The van der Waals surface area contributed by atoms with Gasteiger partial charge in [-0.3, -0.25) is 0 Å². The molecular formula is C16H26ClN3OS. The van der Waals surface area contributed by atoms with Crippen molar-refractivity contribution in [2.75, 3.05) is 30.4 Å². The van der Waals surface area contributed by atoms with Crippen LogP contribution in [0.2, 0.25) is 5.28 Å². The minimum atomic E-state index is 0.384. The Morgan fingerprint density at radius 1 is 1.27 bits per heavy atom. The number of hydrogen-bond donors (Lipinski definition) is 0. The van der Waals surface area contributed by atoms with Crippen molar-refractivity contribution in [2.24, 2.45) is 0 Å². The van der Waals surface area contributed by atoms with Gasteiger partial charge in [0.25, 0.3) is 0 Å². The van der Waals surface area contributed by atoms with Gasteiger partial charge >= 0.3 is 0 Å². The number of thioether (sulfide) groups is 1. The lowest BCUT2D eigenvalue weighted by molar-refractivity contribution is 0.0841. The average Bonchev–Trinajstić information content (AvgIpc) is 3.03. The van der Waals surface area contributed by atoms with Crippen LogP contribution in [-0.2, 0) is 11.2 Å². The molecule has 1 aromatic rings. The molecule has 0 bridgehead atoms. The molecule has 0 aromatic carbocycles. The molecular weight excluding hydrogens is 318 g/mol. The Morgan fingerprint density at radius 2 is 2.00 bits per heavy atom. The zero-order chi connectivity index (χ0) is 15.9. The Hall–Kier alpha value is -0.520. The van der Waals surface area contributed by atoms with Crippen LogP contribution in [-0.4, -0.2) is 41.5 Å². The fraction of sp³-hybridized carbons (Fsp3) is 0.750. The first kappa shape index (κ1) is 17.8. The molecule has 3 rings (SSSR count). The second-order valence-electron chi connectivity index (χ2n) is 5.23. The van der Waals surface area contributed by atoms with Gasteiger partial charge in [-0.1, -0.05) is 20.8 Å². The van der Waals surface area contributed by atoms with E-state index in [0.29, 0.717) is 11.3 Å². The molecule has 0 saturated carbocycles. The number of ether oxygens (including phenoxy) is 1. The van der Waals surface area contributed by atoms with Crippen molar-refractivity contribution in [1.82, 2.24) is 9.97 Å². The summed E-state index contributed by atoms with van der Waals surface area (Å²) in [5, 5.41) is 0.384. The van der Waals surface area contributed by atoms with Crippen LogP contribution in [0.15, 0.2) is 4.90 Å². The highest BCUT2D eigenvalue weighted by Crippen LogP contribution is 2.39. The number of hydrogen-bond acceptors (Lipinski definition) is 5. The minimum absolute atomic E-state index is 0.384. The van der Waals surface area contributed by atoms with E-state index in [2.05, 4.69) is 21.8 Å². The predicted molar refractivity (Wildman–Crippen MR) is 94.3 cm³/mol. The highest BCUT2D eigenvalue weighted by Gasteiger charge is 2.28. The molecule has 124 valence electrons. The summed E-state index contributed by atoms with van der Waals surface area (Å²) in [5.41, 5.74) is 1.12. The lowest BCUT2D eigenvalue weighted by atomic mass is 10.1. The van der Waals surface area contributed by atoms with E-state index in [-0.39, 0.29) is 0 Å². The summed E-state index contributed by atoms with van der Waals surface area (Å²) in [6, 6.07) is 0.514. The van der Waals surface area contributed by atoms with Crippen LogP contribution in [0.25, 0.3) is 0 Å². The van der Waals surface area contributed by atoms with Gasteiger partial charge in [-0.25, -0.2) is 4.98 Å². The third-order valence-electron chi connectivity index (χ3n) is 3.84.